The molecule has 0 aliphatic carbocycles. The number of carbonyl (C=O) groups excluding carboxylic acids is 1. The van der Waals surface area contributed by atoms with E-state index in [0.717, 1.165) is 54.9 Å². The van der Waals surface area contributed by atoms with Gasteiger partial charge in [0.25, 0.3) is 0 Å². The lowest BCUT2D eigenvalue weighted by molar-refractivity contribution is 0.0429. The molecule has 1 aliphatic rings. The van der Waals surface area contributed by atoms with Gasteiger partial charge in [0.1, 0.15) is 18.5 Å². The third kappa shape index (κ3) is 4.98. The van der Waals surface area contributed by atoms with Crippen LogP contribution in [0.3, 0.4) is 0 Å². The Hall–Kier alpha value is -1.93. The van der Waals surface area contributed by atoms with Crippen molar-refractivity contribution in [2.75, 3.05) is 52.5 Å². The van der Waals surface area contributed by atoms with E-state index < -0.39 is 6.10 Å². The average molecular weight is 404 g/mol. The first-order chi connectivity index (χ1) is 13.9. The van der Waals surface area contributed by atoms with Gasteiger partial charge in [0, 0.05) is 68.0 Å². The molecule has 0 unspecified atom stereocenters. The molecule has 2 N–H and O–H groups in total. The SMILES string of the molecule is CCn1c(C)c(C(C)=O)c2cc(OC[C@H](O)CN3CCN(CCO)CC3)ccc21. The Morgan fingerprint density at radius 3 is 2.52 bits per heavy atom. The van der Waals surface area contributed by atoms with E-state index in [1.165, 1.54) is 0 Å². The van der Waals surface area contributed by atoms with Crippen LogP contribution in [0.25, 0.3) is 10.9 Å². The van der Waals surface area contributed by atoms with E-state index >= 15 is 0 Å². The van der Waals surface area contributed by atoms with Crippen LogP contribution in [0, 0.1) is 6.92 Å². The van der Waals surface area contributed by atoms with Gasteiger partial charge in [0.2, 0.25) is 0 Å². The lowest BCUT2D eigenvalue weighted by Gasteiger charge is -2.35. The fourth-order valence-electron chi connectivity index (χ4n) is 4.28. The zero-order valence-electron chi connectivity index (χ0n) is 17.7. The third-order valence-electron chi connectivity index (χ3n) is 5.76. The number of aliphatic hydroxyl groups excluding tert-OH is 2. The van der Waals surface area contributed by atoms with Crippen LogP contribution < -0.4 is 4.74 Å². The minimum absolute atomic E-state index is 0.0530. The van der Waals surface area contributed by atoms with Crippen molar-refractivity contribution < 1.29 is 19.7 Å². The lowest BCUT2D eigenvalue weighted by Crippen LogP contribution is -2.49. The molecule has 1 saturated heterocycles. The van der Waals surface area contributed by atoms with Crippen molar-refractivity contribution in [3.05, 3.63) is 29.5 Å². The van der Waals surface area contributed by atoms with Crippen LogP contribution in [0.4, 0.5) is 0 Å². The van der Waals surface area contributed by atoms with E-state index in [4.69, 9.17) is 9.84 Å². The van der Waals surface area contributed by atoms with E-state index in [-0.39, 0.29) is 19.0 Å². The minimum atomic E-state index is -0.579. The Morgan fingerprint density at radius 2 is 1.90 bits per heavy atom. The summed E-state index contributed by atoms with van der Waals surface area (Å²) in [4.78, 5) is 16.6. The topological polar surface area (TPSA) is 78.2 Å². The van der Waals surface area contributed by atoms with E-state index in [0.29, 0.717) is 18.8 Å². The van der Waals surface area contributed by atoms with Crippen LogP contribution in [-0.4, -0.2) is 88.9 Å². The number of hydrogen-bond acceptors (Lipinski definition) is 6. The van der Waals surface area contributed by atoms with Crippen molar-refractivity contribution in [1.29, 1.82) is 0 Å². The van der Waals surface area contributed by atoms with Crippen molar-refractivity contribution >= 4 is 16.7 Å². The molecule has 29 heavy (non-hydrogen) atoms. The molecule has 1 fully saturated rings. The summed E-state index contributed by atoms with van der Waals surface area (Å²) in [6, 6.07) is 5.80. The van der Waals surface area contributed by atoms with Crippen LogP contribution in [0.2, 0.25) is 0 Å². The Labute approximate surface area is 172 Å². The van der Waals surface area contributed by atoms with Crippen LogP contribution >= 0.6 is 0 Å². The van der Waals surface area contributed by atoms with Gasteiger partial charge in [-0.2, -0.15) is 0 Å². The molecule has 2 aromatic rings. The Kier molecular flexibility index (Phi) is 7.29. The van der Waals surface area contributed by atoms with Gasteiger partial charge in [-0.1, -0.05) is 0 Å². The fraction of sp³-hybridized carbons (Fsp3) is 0.591. The molecule has 2 heterocycles. The van der Waals surface area contributed by atoms with Crippen LogP contribution in [0.15, 0.2) is 18.2 Å². The van der Waals surface area contributed by atoms with Gasteiger partial charge in [0.15, 0.2) is 5.78 Å². The van der Waals surface area contributed by atoms with Gasteiger partial charge < -0.3 is 19.5 Å². The smallest absolute Gasteiger partial charge is 0.162 e. The predicted octanol–water partition coefficient (Wildman–Crippen LogP) is 1.52. The predicted molar refractivity (Wildman–Crippen MR) is 114 cm³/mol. The normalized spacial score (nSPS) is 17.0. The third-order valence-corrected chi connectivity index (χ3v) is 5.76. The van der Waals surface area contributed by atoms with Crippen LogP contribution in [0.5, 0.6) is 5.75 Å². The first kappa shape index (κ1) is 21.8. The van der Waals surface area contributed by atoms with Gasteiger partial charge >= 0.3 is 0 Å². The molecule has 160 valence electrons. The summed E-state index contributed by atoms with van der Waals surface area (Å²) in [6.07, 6.45) is -0.579. The number of benzene rings is 1. The summed E-state index contributed by atoms with van der Waals surface area (Å²) in [5.41, 5.74) is 2.75. The minimum Gasteiger partial charge on any atom is -0.491 e. The Morgan fingerprint density at radius 1 is 1.21 bits per heavy atom. The fourth-order valence-corrected chi connectivity index (χ4v) is 4.28. The molecular weight excluding hydrogens is 370 g/mol. The number of ketones is 1. The molecule has 0 saturated carbocycles. The molecule has 3 rings (SSSR count). The molecule has 7 nitrogen and oxygen atoms in total. The molecule has 1 aliphatic heterocycles. The number of aromatic nitrogens is 1. The number of nitrogens with zero attached hydrogens (tertiary/aromatic N) is 3. The number of fused-ring (bicyclic) bond motifs is 1. The first-order valence-electron chi connectivity index (χ1n) is 10.4. The number of ether oxygens (including phenoxy) is 1. The molecule has 1 aromatic heterocycles. The number of piperazine rings is 1. The summed E-state index contributed by atoms with van der Waals surface area (Å²) in [7, 11) is 0. The number of rotatable bonds is 9. The maximum atomic E-state index is 12.2. The molecule has 0 amide bonds. The lowest BCUT2D eigenvalue weighted by atomic mass is 10.1. The zero-order chi connectivity index (χ0) is 21.0. The monoisotopic (exact) mass is 403 g/mol. The molecule has 1 atom stereocenters. The number of hydrogen-bond donors (Lipinski definition) is 2. The number of aliphatic hydroxyl groups is 2. The summed E-state index contributed by atoms with van der Waals surface area (Å²) in [5.74, 6) is 0.720. The number of β-amino-alcohol motifs (C(OH)–C–C–N with tert-alkyl or cyclic N) is 2. The van der Waals surface area contributed by atoms with Crippen molar-refractivity contribution in [3.8, 4) is 5.75 Å². The second-order valence-electron chi connectivity index (χ2n) is 7.77. The van der Waals surface area contributed by atoms with Crippen molar-refractivity contribution in [2.45, 2.75) is 33.4 Å². The second-order valence-corrected chi connectivity index (χ2v) is 7.77. The van der Waals surface area contributed by atoms with E-state index in [1.807, 2.05) is 25.1 Å². The second kappa shape index (κ2) is 9.71. The molecule has 1 aromatic carbocycles. The average Bonchev–Trinajstić information content (AvgIpc) is 2.98. The van der Waals surface area contributed by atoms with Gasteiger partial charge in [0.05, 0.1) is 6.61 Å². The molecule has 0 spiro atoms. The summed E-state index contributed by atoms with van der Waals surface area (Å²) < 4.78 is 7.99. The van der Waals surface area contributed by atoms with Crippen molar-refractivity contribution in [2.24, 2.45) is 0 Å². The van der Waals surface area contributed by atoms with Gasteiger partial charge in [-0.05, 0) is 39.0 Å². The number of carbonyl (C=O) groups is 1. The maximum Gasteiger partial charge on any atom is 0.162 e. The highest BCUT2D eigenvalue weighted by Gasteiger charge is 2.20. The van der Waals surface area contributed by atoms with Gasteiger partial charge in [-0.3, -0.25) is 14.6 Å². The number of Topliss-reactive ketones (excluding diaryl/α,β-unsaturated/α-hetero) is 1. The molecule has 0 radical (unpaired) electrons. The van der Waals surface area contributed by atoms with Gasteiger partial charge in [-0.15, -0.1) is 0 Å². The standard InChI is InChI=1S/C22H33N3O4/c1-4-25-16(2)22(17(3)27)20-13-19(5-6-21(20)25)29-15-18(28)14-24-9-7-23(8-10-24)11-12-26/h5-6,13,18,26,28H,4,7-12,14-15H2,1-3H3/t18-/m1/s1. The molecule has 0 bridgehead atoms. The van der Waals surface area contributed by atoms with Crippen LogP contribution in [0.1, 0.15) is 29.9 Å². The summed E-state index contributed by atoms with van der Waals surface area (Å²) in [6.45, 7) is 11.7. The van der Waals surface area contributed by atoms with E-state index in [9.17, 15) is 9.90 Å². The van der Waals surface area contributed by atoms with Crippen molar-refractivity contribution in [3.63, 3.8) is 0 Å². The first-order valence-corrected chi connectivity index (χ1v) is 10.4. The van der Waals surface area contributed by atoms with Crippen LogP contribution in [-0.2, 0) is 6.54 Å². The quantitative estimate of drug-likeness (QED) is 0.618. The molecular formula is C22H33N3O4. The number of aryl methyl sites for hydroxylation is 1. The largest absolute Gasteiger partial charge is 0.491 e. The maximum absolute atomic E-state index is 12.2. The van der Waals surface area contributed by atoms with E-state index in [2.05, 4.69) is 21.3 Å². The van der Waals surface area contributed by atoms with E-state index in [1.54, 1.807) is 6.92 Å². The Bertz CT molecular complexity index is 840. The zero-order valence-corrected chi connectivity index (χ0v) is 17.7. The van der Waals surface area contributed by atoms with Crippen molar-refractivity contribution in [1.82, 2.24) is 14.4 Å². The highest BCUT2D eigenvalue weighted by Crippen LogP contribution is 2.30. The highest BCUT2D eigenvalue weighted by molar-refractivity contribution is 6.08. The summed E-state index contributed by atoms with van der Waals surface area (Å²) >= 11 is 0. The molecule has 7 heteroatoms. The summed E-state index contributed by atoms with van der Waals surface area (Å²) in [5, 5.41) is 20.3. The highest BCUT2D eigenvalue weighted by atomic mass is 16.5. The Balaban J connectivity index is 1.60. The van der Waals surface area contributed by atoms with Gasteiger partial charge in [-0.25, -0.2) is 0 Å².